The summed E-state index contributed by atoms with van der Waals surface area (Å²) in [7, 11) is 3.86. The fourth-order valence-electron chi connectivity index (χ4n) is 2.78. The Hall–Kier alpha value is -2.37. The van der Waals surface area contributed by atoms with Gasteiger partial charge in [-0.1, -0.05) is 54.6 Å². The predicted molar refractivity (Wildman–Crippen MR) is 111 cm³/mol. The summed E-state index contributed by atoms with van der Waals surface area (Å²) in [5.74, 6) is 0.872. The predicted octanol–water partition coefficient (Wildman–Crippen LogP) is 3.45. The molecule has 0 fully saturated rings. The minimum absolute atomic E-state index is 0.601. The lowest BCUT2D eigenvalue weighted by Gasteiger charge is -2.22. The van der Waals surface area contributed by atoms with E-state index in [1.54, 1.807) is 0 Å². The van der Waals surface area contributed by atoms with E-state index in [2.05, 4.69) is 63.7 Å². The average Bonchev–Trinajstić information content (AvgIpc) is 2.69. The van der Waals surface area contributed by atoms with E-state index < -0.39 is 0 Å². The van der Waals surface area contributed by atoms with Gasteiger partial charge in [-0.15, -0.1) is 0 Å². The molecule has 0 saturated heterocycles. The first-order valence-electron chi connectivity index (χ1n) is 9.42. The van der Waals surface area contributed by atoms with Crippen LogP contribution >= 0.6 is 0 Å². The SMILES string of the molecule is CCOCCOCc1cccc(CNC(=NC)N(C)Cc2ccccc2)c1. The van der Waals surface area contributed by atoms with Gasteiger partial charge >= 0.3 is 0 Å². The molecule has 2 aromatic carbocycles. The molecule has 0 bridgehead atoms. The van der Waals surface area contributed by atoms with Crippen LogP contribution in [0.2, 0.25) is 0 Å². The molecule has 5 heteroatoms. The van der Waals surface area contributed by atoms with Crippen molar-refractivity contribution in [3.8, 4) is 0 Å². The summed E-state index contributed by atoms with van der Waals surface area (Å²) < 4.78 is 10.9. The van der Waals surface area contributed by atoms with Gasteiger partial charge < -0.3 is 19.7 Å². The zero-order valence-corrected chi connectivity index (χ0v) is 16.6. The van der Waals surface area contributed by atoms with Crippen LogP contribution in [-0.4, -0.2) is 44.8 Å². The van der Waals surface area contributed by atoms with Crippen molar-refractivity contribution in [1.82, 2.24) is 10.2 Å². The molecule has 0 spiro atoms. The second kappa shape index (κ2) is 12.1. The Labute approximate surface area is 163 Å². The topological polar surface area (TPSA) is 46.1 Å². The third-order valence-electron chi connectivity index (χ3n) is 4.12. The van der Waals surface area contributed by atoms with Gasteiger partial charge in [-0.2, -0.15) is 0 Å². The quantitative estimate of drug-likeness (QED) is 0.396. The van der Waals surface area contributed by atoms with Gasteiger partial charge in [0.2, 0.25) is 0 Å². The van der Waals surface area contributed by atoms with Gasteiger partial charge in [0.15, 0.2) is 5.96 Å². The number of nitrogens with one attached hydrogen (secondary N) is 1. The second-order valence-electron chi connectivity index (χ2n) is 6.31. The number of hydrogen-bond acceptors (Lipinski definition) is 3. The van der Waals surface area contributed by atoms with Crippen molar-refractivity contribution in [3.63, 3.8) is 0 Å². The van der Waals surface area contributed by atoms with Crippen LogP contribution in [0.15, 0.2) is 59.6 Å². The largest absolute Gasteiger partial charge is 0.379 e. The summed E-state index contributed by atoms with van der Waals surface area (Å²) in [6.07, 6.45) is 0. The van der Waals surface area contributed by atoms with E-state index in [0.717, 1.165) is 25.7 Å². The number of nitrogens with zero attached hydrogens (tertiary/aromatic N) is 2. The molecule has 0 amide bonds. The lowest BCUT2D eigenvalue weighted by atomic mass is 10.1. The van der Waals surface area contributed by atoms with Gasteiger partial charge in [0.1, 0.15) is 0 Å². The van der Waals surface area contributed by atoms with E-state index in [-0.39, 0.29) is 0 Å². The molecule has 0 radical (unpaired) electrons. The Bertz CT molecular complexity index is 689. The smallest absolute Gasteiger partial charge is 0.193 e. The summed E-state index contributed by atoms with van der Waals surface area (Å²) in [5, 5.41) is 3.43. The Kier molecular flexibility index (Phi) is 9.38. The summed E-state index contributed by atoms with van der Waals surface area (Å²) >= 11 is 0. The molecule has 1 N–H and O–H groups in total. The van der Waals surface area contributed by atoms with E-state index in [9.17, 15) is 0 Å². The Balaban J connectivity index is 1.82. The Morgan fingerprint density at radius 3 is 2.41 bits per heavy atom. The maximum atomic E-state index is 5.65. The standard InChI is InChI=1S/C22H31N3O2/c1-4-26-13-14-27-18-21-12-8-11-20(15-21)16-24-22(23-2)25(3)17-19-9-6-5-7-10-19/h5-12,15H,4,13-14,16-18H2,1-3H3,(H,23,24). The number of benzene rings is 2. The molecular formula is C22H31N3O2. The molecule has 0 aliphatic rings. The molecule has 0 unspecified atom stereocenters. The van der Waals surface area contributed by atoms with Crippen molar-refractivity contribution >= 4 is 5.96 Å². The number of hydrogen-bond donors (Lipinski definition) is 1. The van der Waals surface area contributed by atoms with E-state index in [1.807, 2.05) is 27.1 Å². The Morgan fingerprint density at radius 1 is 0.963 bits per heavy atom. The van der Waals surface area contributed by atoms with E-state index in [4.69, 9.17) is 9.47 Å². The summed E-state index contributed by atoms with van der Waals surface area (Å²) in [4.78, 5) is 6.51. The van der Waals surface area contributed by atoms with Crippen molar-refractivity contribution in [2.24, 2.45) is 4.99 Å². The van der Waals surface area contributed by atoms with Crippen molar-refractivity contribution < 1.29 is 9.47 Å². The lowest BCUT2D eigenvalue weighted by molar-refractivity contribution is 0.0453. The molecular weight excluding hydrogens is 338 g/mol. The van der Waals surface area contributed by atoms with Crippen molar-refractivity contribution in [2.45, 2.75) is 26.6 Å². The molecule has 0 atom stereocenters. The van der Waals surface area contributed by atoms with Gasteiger partial charge in [0, 0.05) is 33.8 Å². The highest BCUT2D eigenvalue weighted by Crippen LogP contribution is 2.08. The molecule has 0 heterocycles. The third-order valence-corrected chi connectivity index (χ3v) is 4.12. The number of aliphatic imine (C=N–C) groups is 1. The minimum atomic E-state index is 0.601. The van der Waals surface area contributed by atoms with E-state index >= 15 is 0 Å². The highest BCUT2D eigenvalue weighted by molar-refractivity contribution is 5.79. The van der Waals surface area contributed by atoms with Crippen LogP contribution in [0.4, 0.5) is 0 Å². The van der Waals surface area contributed by atoms with Crippen LogP contribution in [0, 0.1) is 0 Å². The maximum Gasteiger partial charge on any atom is 0.193 e. The summed E-state index contributed by atoms with van der Waals surface area (Å²) in [6.45, 7) is 6.11. The zero-order chi connectivity index (χ0) is 19.3. The molecule has 5 nitrogen and oxygen atoms in total. The van der Waals surface area contributed by atoms with Gasteiger partial charge in [-0.25, -0.2) is 0 Å². The molecule has 2 aromatic rings. The molecule has 0 aliphatic carbocycles. The summed E-state index contributed by atoms with van der Waals surface area (Å²) in [6, 6.07) is 18.8. The van der Waals surface area contributed by atoms with Crippen LogP contribution < -0.4 is 5.32 Å². The molecule has 0 aliphatic heterocycles. The first kappa shape index (κ1) is 20.9. The van der Waals surface area contributed by atoms with Crippen LogP contribution in [0.3, 0.4) is 0 Å². The highest BCUT2D eigenvalue weighted by atomic mass is 16.5. The Morgan fingerprint density at radius 2 is 1.67 bits per heavy atom. The van der Waals surface area contributed by atoms with E-state index in [1.165, 1.54) is 16.7 Å². The van der Waals surface area contributed by atoms with Gasteiger partial charge in [0.05, 0.1) is 19.8 Å². The van der Waals surface area contributed by atoms with Crippen LogP contribution in [-0.2, 0) is 29.2 Å². The van der Waals surface area contributed by atoms with Crippen molar-refractivity contribution in [3.05, 3.63) is 71.3 Å². The fourth-order valence-corrected chi connectivity index (χ4v) is 2.78. The fraction of sp³-hybridized carbons (Fsp3) is 0.409. The second-order valence-corrected chi connectivity index (χ2v) is 6.31. The van der Waals surface area contributed by atoms with Gasteiger partial charge in [-0.05, 0) is 23.6 Å². The maximum absolute atomic E-state index is 5.65. The van der Waals surface area contributed by atoms with Crippen LogP contribution in [0.5, 0.6) is 0 Å². The molecule has 0 aromatic heterocycles. The van der Waals surface area contributed by atoms with Gasteiger partial charge in [0.25, 0.3) is 0 Å². The van der Waals surface area contributed by atoms with Gasteiger partial charge in [-0.3, -0.25) is 4.99 Å². The average molecular weight is 370 g/mol. The number of ether oxygens (including phenoxy) is 2. The van der Waals surface area contributed by atoms with Crippen molar-refractivity contribution in [2.75, 3.05) is 33.9 Å². The number of rotatable bonds is 10. The first-order valence-corrected chi connectivity index (χ1v) is 9.42. The monoisotopic (exact) mass is 369 g/mol. The van der Waals surface area contributed by atoms with Crippen LogP contribution in [0.25, 0.3) is 0 Å². The highest BCUT2D eigenvalue weighted by Gasteiger charge is 2.06. The lowest BCUT2D eigenvalue weighted by Crippen LogP contribution is -2.38. The normalized spacial score (nSPS) is 11.4. The van der Waals surface area contributed by atoms with E-state index in [0.29, 0.717) is 19.8 Å². The minimum Gasteiger partial charge on any atom is -0.379 e. The summed E-state index contributed by atoms with van der Waals surface area (Å²) in [5.41, 5.74) is 3.63. The molecule has 146 valence electrons. The van der Waals surface area contributed by atoms with Crippen molar-refractivity contribution in [1.29, 1.82) is 0 Å². The number of guanidine groups is 1. The molecule has 27 heavy (non-hydrogen) atoms. The molecule has 2 rings (SSSR count). The van der Waals surface area contributed by atoms with Crippen LogP contribution in [0.1, 0.15) is 23.6 Å². The first-order chi connectivity index (χ1) is 13.2. The third kappa shape index (κ3) is 7.81. The zero-order valence-electron chi connectivity index (χ0n) is 16.6. The molecule has 0 saturated carbocycles.